The average molecular weight is 332 g/mol. The Balaban J connectivity index is 1.87. The van der Waals surface area contributed by atoms with E-state index in [1.807, 2.05) is 23.9 Å². The molecule has 2 N–H and O–H groups in total. The topological polar surface area (TPSA) is 77.4 Å². The summed E-state index contributed by atoms with van der Waals surface area (Å²) in [5.74, 6) is 1.06. The maximum Gasteiger partial charge on any atom is 0.255 e. The molecule has 0 unspecified atom stereocenters. The lowest BCUT2D eigenvalue weighted by Gasteiger charge is -2.26. The molecular weight excluding hydrogens is 308 g/mol. The minimum atomic E-state index is -0.159. The summed E-state index contributed by atoms with van der Waals surface area (Å²) in [5, 5.41) is 11.6. The molecule has 1 aliphatic rings. The van der Waals surface area contributed by atoms with Crippen LogP contribution in [0.4, 0.5) is 0 Å². The van der Waals surface area contributed by atoms with E-state index in [-0.39, 0.29) is 5.91 Å². The number of benzene rings is 1. The fourth-order valence-electron chi connectivity index (χ4n) is 2.79. The van der Waals surface area contributed by atoms with Gasteiger partial charge in [-0.2, -0.15) is 5.10 Å². The number of carbonyl (C=O) groups excluding carboxylic acids is 1. The molecule has 1 amide bonds. The number of hydrogen-bond donors (Lipinski definition) is 2. The molecule has 1 aromatic carbocycles. The van der Waals surface area contributed by atoms with E-state index < -0.39 is 0 Å². The normalized spacial score (nSPS) is 14.6. The van der Waals surface area contributed by atoms with E-state index in [0.29, 0.717) is 37.0 Å². The Morgan fingerprint density at radius 2 is 2.29 bits per heavy atom. The third-order valence-electron chi connectivity index (χ3n) is 4.12. The van der Waals surface area contributed by atoms with Gasteiger partial charge in [-0.3, -0.25) is 9.48 Å². The summed E-state index contributed by atoms with van der Waals surface area (Å²) in [5.41, 5.74) is 1.38. The molecule has 0 spiro atoms. The number of hydrogen-bond acceptors (Lipinski definition) is 5. The summed E-state index contributed by atoms with van der Waals surface area (Å²) >= 11 is 0. The minimum Gasteiger partial charge on any atom is -0.492 e. The number of rotatable bonds is 8. The zero-order valence-electron chi connectivity index (χ0n) is 14.2. The summed E-state index contributed by atoms with van der Waals surface area (Å²) in [4.78, 5) is 12.4. The number of methoxy groups -OCH3 is 1. The van der Waals surface area contributed by atoms with Gasteiger partial charge in [0.25, 0.3) is 5.91 Å². The summed E-state index contributed by atoms with van der Waals surface area (Å²) in [6.45, 7) is 6.29. The summed E-state index contributed by atoms with van der Waals surface area (Å²) in [6.07, 6.45) is 1.98. The number of amides is 1. The van der Waals surface area contributed by atoms with Crippen LogP contribution in [0.15, 0.2) is 18.3 Å². The van der Waals surface area contributed by atoms with Gasteiger partial charge < -0.3 is 20.1 Å². The smallest absolute Gasteiger partial charge is 0.255 e. The molecule has 1 fully saturated rings. The van der Waals surface area contributed by atoms with E-state index in [1.54, 1.807) is 13.2 Å². The Morgan fingerprint density at radius 1 is 1.46 bits per heavy atom. The Hall–Kier alpha value is -2.12. The molecule has 1 aromatic heterocycles. The van der Waals surface area contributed by atoms with Crippen molar-refractivity contribution in [1.29, 1.82) is 0 Å². The summed E-state index contributed by atoms with van der Waals surface area (Å²) in [7, 11) is 1.61. The number of nitrogens with zero attached hydrogens (tertiary/aromatic N) is 2. The van der Waals surface area contributed by atoms with Crippen LogP contribution in [0.5, 0.6) is 5.75 Å². The molecule has 130 valence electrons. The first-order chi connectivity index (χ1) is 11.7. The number of ether oxygens (including phenoxy) is 2. The van der Waals surface area contributed by atoms with Gasteiger partial charge >= 0.3 is 0 Å². The maximum atomic E-state index is 12.4. The highest BCUT2D eigenvalue weighted by atomic mass is 16.5. The highest BCUT2D eigenvalue weighted by Crippen LogP contribution is 2.30. The second-order valence-corrected chi connectivity index (χ2v) is 5.93. The Kier molecular flexibility index (Phi) is 5.32. The van der Waals surface area contributed by atoms with Gasteiger partial charge in [0.2, 0.25) is 0 Å². The number of nitrogens with one attached hydrogen (secondary N) is 2. The van der Waals surface area contributed by atoms with Crippen molar-refractivity contribution in [3.05, 3.63) is 23.9 Å². The number of fused-ring (bicyclic) bond motifs is 1. The van der Waals surface area contributed by atoms with Crippen molar-refractivity contribution in [2.24, 2.45) is 5.92 Å². The van der Waals surface area contributed by atoms with Crippen molar-refractivity contribution in [3.8, 4) is 5.75 Å². The van der Waals surface area contributed by atoms with Crippen LogP contribution >= 0.6 is 0 Å². The quantitative estimate of drug-likeness (QED) is 0.706. The fraction of sp³-hybridized carbons (Fsp3) is 0.529. The Morgan fingerprint density at radius 3 is 2.96 bits per heavy atom. The van der Waals surface area contributed by atoms with Gasteiger partial charge in [0.05, 0.1) is 29.7 Å². The Labute approximate surface area is 141 Å². The lowest BCUT2D eigenvalue weighted by atomic mass is 10.0. The molecule has 7 nitrogen and oxygen atoms in total. The number of aromatic nitrogens is 2. The van der Waals surface area contributed by atoms with E-state index >= 15 is 0 Å². The van der Waals surface area contributed by atoms with Crippen LogP contribution in [0, 0.1) is 5.92 Å². The highest BCUT2D eigenvalue weighted by molar-refractivity contribution is 6.03. The molecule has 1 aliphatic heterocycles. The first-order valence-corrected chi connectivity index (χ1v) is 8.33. The highest BCUT2D eigenvalue weighted by Gasteiger charge is 2.20. The van der Waals surface area contributed by atoms with Crippen molar-refractivity contribution in [2.75, 3.05) is 40.0 Å². The van der Waals surface area contributed by atoms with Gasteiger partial charge in [-0.05, 0) is 19.1 Å². The fourth-order valence-corrected chi connectivity index (χ4v) is 2.79. The first kappa shape index (κ1) is 16.7. The molecule has 24 heavy (non-hydrogen) atoms. The van der Waals surface area contributed by atoms with Crippen LogP contribution in [-0.2, 0) is 11.3 Å². The van der Waals surface area contributed by atoms with Gasteiger partial charge in [0, 0.05) is 45.4 Å². The van der Waals surface area contributed by atoms with Crippen molar-refractivity contribution in [3.63, 3.8) is 0 Å². The van der Waals surface area contributed by atoms with Gasteiger partial charge in [0.1, 0.15) is 5.75 Å². The maximum absolute atomic E-state index is 12.4. The largest absolute Gasteiger partial charge is 0.492 e. The van der Waals surface area contributed by atoms with Crippen molar-refractivity contribution in [1.82, 2.24) is 20.4 Å². The van der Waals surface area contributed by atoms with E-state index in [0.717, 1.165) is 30.5 Å². The zero-order chi connectivity index (χ0) is 16.9. The molecule has 2 heterocycles. The molecule has 0 aliphatic carbocycles. The zero-order valence-corrected chi connectivity index (χ0v) is 14.2. The van der Waals surface area contributed by atoms with Crippen LogP contribution in [0.2, 0.25) is 0 Å². The van der Waals surface area contributed by atoms with Crippen molar-refractivity contribution in [2.45, 2.75) is 13.5 Å². The van der Waals surface area contributed by atoms with Crippen LogP contribution in [0.25, 0.3) is 10.9 Å². The molecule has 0 saturated carbocycles. The molecule has 0 radical (unpaired) electrons. The molecule has 3 rings (SSSR count). The van der Waals surface area contributed by atoms with E-state index in [4.69, 9.17) is 9.47 Å². The standard InChI is InChI=1S/C17H24N4O3/c1-3-24-16-13(17(22)19-6-7-23-2)4-5-15-14(16)11-21(20-15)10-12-8-18-9-12/h4-5,11-12,18H,3,6-10H2,1-2H3,(H,19,22). The summed E-state index contributed by atoms with van der Waals surface area (Å²) < 4.78 is 12.7. The van der Waals surface area contributed by atoms with Crippen LogP contribution < -0.4 is 15.4 Å². The molecular formula is C17H24N4O3. The molecule has 7 heteroatoms. The van der Waals surface area contributed by atoms with Crippen molar-refractivity contribution >= 4 is 16.8 Å². The third-order valence-corrected chi connectivity index (χ3v) is 4.12. The van der Waals surface area contributed by atoms with Gasteiger partial charge in [-0.25, -0.2) is 0 Å². The SMILES string of the molecule is CCOc1c(C(=O)NCCOC)ccc2nn(CC3CNC3)cc12. The Bertz CT molecular complexity index is 709. The average Bonchev–Trinajstić information content (AvgIpc) is 2.95. The van der Waals surface area contributed by atoms with Crippen LogP contribution in [0.1, 0.15) is 17.3 Å². The number of carbonyl (C=O) groups is 1. The van der Waals surface area contributed by atoms with Crippen LogP contribution in [-0.4, -0.2) is 55.6 Å². The van der Waals surface area contributed by atoms with Crippen LogP contribution in [0.3, 0.4) is 0 Å². The first-order valence-electron chi connectivity index (χ1n) is 8.33. The lowest BCUT2D eigenvalue weighted by molar-refractivity contribution is 0.0933. The predicted octanol–water partition coefficient (Wildman–Crippen LogP) is 1.03. The molecule has 2 aromatic rings. The van der Waals surface area contributed by atoms with E-state index in [1.165, 1.54) is 0 Å². The molecule has 0 atom stereocenters. The predicted molar refractivity (Wildman–Crippen MR) is 91.5 cm³/mol. The van der Waals surface area contributed by atoms with E-state index in [2.05, 4.69) is 15.7 Å². The van der Waals surface area contributed by atoms with Gasteiger partial charge in [-0.1, -0.05) is 0 Å². The minimum absolute atomic E-state index is 0.159. The van der Waals surface area contributed by atoms with Gasteiger partial charge in [-0.15, -0.1) is 0 Å². The molecule has 0 bridgehead atoms. The third kappa shape index (κ3) is 3.52. The van der Waals surface area contributed by atoms with Crippen molar-refractivity contribution < 1.29 is 14.3 Å². The summed E-state index contributed by atoms with van der Waals surface area (Å²) in [6, 6.07) is 3.65. The second kappa shape index (κ2) is 7.63. The van der Waals surface area contributed by atoms with Gasteiger partial charge in [0.15, 0.2) is 0 Å². The monoisotopic (exact) mass is 332 g/mol. The second-order valence-electron chi connectivity index (χ2n) is 5.93. The molecule has 1 saturated heterocycles. The lowest BCUT2D eigenvalue weighted by Crippen LogP contribution is -2.44. The van der Waals surface area contributed by atoms with E-state index in [9.17, 15) is 4.79 Å².